The van der Waals surface area contributed by atoms with Gasteiger partial charge in [-0.3, -0.25) is 0 Å². The Morgan fingerprint density at radius 3 is 2.37 bits per heavy atom. The molecule has 0 rings (SSSR count). The largest absolute Gasteiger partial charge is 0.416 e. The topological polar surface area (TPSA) is 38.7 Å². The van der Waals surface area contributed by atoms with Gasteiger partial charge in [0.1, 0.15) is 5.60 Å². The van der Waals surface area contributed by atoms with Gasteiger partial charge in [0.15, 0.2) is 6.86 Å². The summed E-state index contributed by atoms with van der Waals surface area (Å²) in [7, 11) is -1.05. The summed E-state index contributed by atoms with van der Waals surface area (Å²) in [5.41, 5.74) is -1.11. The maximum absolute atomic E-state index is 11.8. The Hall–Kier alpha value is -0.413. The molecule has 0 saturated carbocycles. The van der Waals surface area contributed by atoms with Crippen LogP contribution < -0.4 is 0 Å². The molecular weight excluding hydrogens is 263 g/mol. The van der Waals surface area contributed by atoms with Crippen LogP contribution in [-0.4, -0.2) is 39.8 Å². The van der Waals surface area contributed by atoms with Crippen LogP contribution in [0.5, 0.6) is 0 Å². The van der Waals surface area contributed by atoms with Crippen LogP contribution in [0, 0.1) is 12.3 Å². The van der Waals surface area contributed by atoms with Gasteiger partial charge < -0.3 is 14.3 Å². The van der Waals surface area contributed by atoms with Crippen LogP contribution in [0.1, 0.15) is 40.5 Å². The maximum atomic E-state index is 11.8. The lowest BCUT2D eigenvalue weighted by Gasteiger charge is -2.29. The molecule has 1 radical (unpaired) electrons. The zero-order chi connectivity index (χ0) is 14.9. The molecule has 0 bridgehead atoms. The first kappa shape index (κ1) is 18.6. The molecular formula is C14H26FO3Si. The van der Waals surface area contributed by atoms with Crippen LogP contribution in [0.2, 0.25) is 11.1 Å². The molecule has 0 fully saturated rings. The van der Waals surface area contributed by atoms with Gasteiger partial charge in [0.2, 0.25) is 9.04 Å². The third-order valence-electron chi connectivity index (χ3n) is 2.78. The van der Waals surface area contributed by atoms with Crippen molar-refractivity contribution >= 4 is 9.04 Å². The first-order valence-corrected chi connectivity index (χ1v) is 8.17. The van der Waals surface area contributed by atoms with Crippen LogP contribution in [0.4, 0.5) is 4.39 Å². The third-order valence-corrected chi connectivity index (χ3v) is 5.82. The standard InChI is InChI=1S/C14H26FO3Si/c1-6-14(5,16)8-10-18-19(13(2,3)4)11-7-9-17-12-15/h1,16H,7-12H2,2-5H3. The van der Waals surface area contributed by atoms with Crippen molar-refractivity contribution in [2.75, 3.05) is 20.1 Å². The van der Waals surface area contributed by atoms with Crippen LogP contribution in [0.25, 0.3) is 0 Å². The van der Waals surface area contributed by atoms with E-state index in [0.29, 0.717) is 19.6 Å². The minimum absolute atomic E-state index is 0.0857. The van der Waals surface area contributed by atoms with Gasteiger partial charge in [0, 0.05) is 19.6 Å². The van der Waals surface area contributed by atoms with Gasteiger partial charge >= 0.3 is 0 Å². The summed E-state index contributed by atoms with van der Waals surface area (Å²) in [5, 5.41) is 9.80. The summed E-state index contributed by atoms with van der Waals surface area (Å²) in [4.78, 5) is 0. The zero-order valence-electron chi connectivity index (χ0n) is 12.5. The molecule has 0 aliphatic carbocycles. The van der Waals surface area contributed by atoms with Gasteiger partial charge in [-0.15, -0.1) is 6.42 Å². The van der Waals surface area contributed by atoms with Crippen molar-refractivity contribution in [3.8, 4) is 12.3 Å². The van der Waals surface area contributed by atoms with Crippen molar-refractivity contribution in [3.63, 3.8) is 0 Å². The summed E-state index contributed by atoms with van der Waals surface area (Å²) < 4.78 is 22.5. The van der Waals surface area contributed by atoms with Crippen LogP contribution in [0.3, 0.4) is 0 Å². The molecule has 1 N–H and O–H groups in total. The second-order valence-corrected chi connectivity index (χ2v) is 8.95. The van der Waals surface area contributed by atoms with Gasteiger partial charge in [-0.1, -0.05) is 26.7 Å². The highest BCUT2D eigenvalue weighted by Crippen LogP contribution is 2.31. The van der Waals surface area contributed by atoms with E-state index in [1.165, 1.54) is 0 Å². The molecule has 111 valence electrons. The molecule has 0 heterocycles. The van der Waals surface area contributed by atoms with E-state index in [1.54, 1.807) is 6.92 Å². The van der Waals surface area contributed by atoms with Crippen molar-refractivity contribution in [2.24, 2.45) is 0 Å². The molecule has 0 aliphatic heterocycles. The predicted molar refractivity (Wildman–Crippen MR) is 76.8 cm³/mol. The lowest BCUT2D eigenvalue weighted by molar-refractivity contribution is 0.0575. The summed E-state index contributed by atoms with van der Waals surface area (Å²) >= 11 is 0. The summed E-state index contributed by atoms with van der Waals surface area (Å²) in [5.74, 6) is 2.34. The summed E-state index contributed by atoms with van der Waals surface area (Å²) in [6.07, 6.45) is 6.44. The third kappa shape index (κ3) is 9.17. The fraction of sp³-hybridized carbons (Fsp3) is 0.857. The van der Waals surface area contributed by atoms with E-state index in [4.69, 9.17) is 15.6 Å². The van der Waals surface area contributed by atoms with Crippen LogP contribution in [0.15, 0.2) is 0 Å². The van der Waals surface area contributed by atoms with Gasteiger partial charge in [-0.05, 0) is 24.4 Å². The van der Waals surface area contributed by atoms with E-state index < -0.39 is 21.5 Å². The monoisotopic (exact) mass is 289 g/mol. The fourth-order valence-electron chi connectivity index (χ4n) is 1.50. The van der Waals surface area contributed by atoms with Gasteiger partial charge in [-0.25, -0.2) is 4.39 Å². The van der Waals surface area contributed by atoms with E-state index in [2.05, 4.69) is 26.7 Å². The Labute approximate surface area is 118 Å². The minimum atomic E-state index is -1.11. The number of halogens is 1. The smallest absolute Gasteiger partial charge is 0.217 e. The van der Waals surface area contributed by atoms with Gasteiger partial charge in [-0.2, -0.15) is 0 Å². The number of aliphatic hydroxyl groups is 1. The van der Waals surface area contributed by atoms with Gasteiger partial charge in [0.05, 0.1) is 0 Å². The number of ether oxygens (including phenoxy) is 1. The van der Waals surface area contributed by atoms with Crippen LogP contribution in [-0.2, 0) is 9.16 Å². The number of alkyl halides is 1. The Morgan fingerprint density at radius 2 is 1.89 bits per heavy atom. The average molecular weight is 289 g/mol. The average Bonchev–Trinajstić information content (AvgIpc) is 2.30. The van der Waals surface area contributed by atoms with E-state index in [1.807, 2.05) is 0 Å². The van der Waals surface area contributed by atoms with E-state index in [0.717, 1.165) is 12.5 Å². The predicted octanol–water partition coefficient (Wildman–Crippen LogP) is 2.90. The Kier molecular flexibility index (Phi) is 8.51. The molecule has 0 amide bonds. The van der Waals surface area contributed by atoms with E-state index in [-0.39, 0.29) is 5.04 Å². The lowest BCUT2D eigenvalue weighted by Crippen LogP contribution is -2.32. The number of hydrogen-bond donors (Lipinski definition) is 1. The second kappa shape index (κ2) is 8.70. The molecule has 0 aliphatic rings. The highest BCUT2D eigenvalue weighted by Gasteiger charge is 2.29. The first-order valence-electron chi connectivity index (χ1n) is 6.56. The Morgan fingerprint density at radius 1 is 1.26 bits per heavy atom. The molecule has 0 aromatic rings. The summed E-state index contributed by atoms with van der Waals surface area (Å²) in [6, 6.07) is 0.895. The SMILES string of the molecule is C#CC(C)(O)CCO[Si](CCCOCF)C(C)(C)C. The van der Waals surface area contributed by atoms with Crippen LogP contribution >= 0.6 is 0 Å². The van der Waals surface area contributed by atoms with Crippen molar-refractivity contribution in [3.05, 3.63) is 0 Å². The quantitative estimate of drug-likeness (QED) is 0.403. The number of hydrogen-bond acceptors (Lipinski definition) is 3. The number of terminal acetylenes is 1. The van der Waals surface area contributed by atoms with Crippen molar-refractivity contribution < 1.29 is 18.7 Å². The normalized spacial score (nSPS) is 15.3. The fourth-order valence-corrected chi connectivity index (χ4v) is 3.64. The zero-order valence-corrected chi connectivity index (χ0v) is 13.5. The second-order valence-electron chi connectivity index (χ2n) is 5.81. The molecule has 0 aromatic carbocycles. The molecule has 1 unspecified atom stereocenters. The first-order chi connectivity index (χ1) is 8.73. The number of rotatable bonds is 9. The highest BCUT2D eigenvalue weighted by atomic mass is 28.3. The van der Waals surface area contributed by atoms with E-state index in [9.17, 15) is 9.50 Å². The summed E-state index contributed by atoms with van der Waals surface area (Å²) in [6.45, 7) is 8.15. The van der Waals surface area contributed by atoms with Gasteiger partial charge in [0.25, 0.3) is 0 Å². The highest BCUT2D eigenvalue weighted by molar-refractivity contribution is 6.55. The Balaban J connectivity index is 4.12. The molecule has 3 nitrogen and oxygen atoms in total. The molecule has 0 spiro atoms. The molecule has 5 heteroatoms. The minimum Gasteiger partial charge on any atom is -0.416 e. The molecule has 1 atom stereocenters. The molecule has 19 heavy (non-hydrogen) atoms. The lowest BCUT2D eigenvalue weighted by atomic mass is 10.1. The van der Waals surface area contributed by atoms with Crippen molar-refractivity contribution in [1.82, 2.24) is 0 Å². The molecule has 0 saturated heterocycles. The molecule has 0 aromatic heterocycles. The Bertz CT molecular complexity index is 281. The van der Waals surface area contributed by atoms with Crippen molar-refractivity contribution in [1.29, 1.82) is 0 Å². The maximum Gasteiger partial charge on any atom is 0.217 e. The van der Waals surface area contributed by atoms with E-state index >= 15 is 0 Å². The van der Waals surface area contributed by atoms with Crippen molar-refractivity contribution in [2.45, 2.75) is 57.2 Å².